The van der Waals surface area contributed by atoms with Crippen LogP contribution in [-0.4, -0.2) is 23.2 Å². The van der Waals surface area contributed by atoms with E-state index in [1.807, 2.05) is 0 Å². The number of hydrogen-bond acceptors (Lipinski definition) is 2. The Morgan fingerprint density at radius 1 is 1.09 bits per heavy atom. The van der Waals surface area contributed by atoms with Crippen molar-refractivity contribution in [3.63, 3.8) is 0 Å². The number of ketones is 1. The maximum atomic E-state index is 15.0. The van der Waals surface area contributed by atoms with Crippen LogP contribution in [0, 0.1) is 34.5 Å². The third-order valence-corrected chi connectivity index (χ3v) is 8.38. The van der Waals surface area contributed by atoms with Crippen LogP contribution >= 0.6 is 0 Å². The van der Waals surface area contributed by atoms with Crippen molar-refractivity contribution in [1.29, 1.82) is 0 Å². The Hall–Kier alpha value is -0.440. The first kappa shape index (κ1) is 15.1. The van der Waals surface area contributed by atoms with Crippen LogP contribution in [0.25, 0.3) is 0 Å². The zero-order valence-electron chi connectivity index (χ0n) is 13.9. The van der Waals surface area contributed by atoms with Gasteiger partial charge in [-0.25, -0.2) is 4.39 Å². The molecule has 124 valence electrons. The Kier molecular flexibility index (Phi) is 3.28. The molecule has 4 aliphatic carbocycles. The van der Waals surface area contributed by atoms with E-state index in [1.54, 1.807) is 0 Å². The van der Waals surface area contributed by atoms with Crippen LogP contribution in [0.15, 0.2) is 0 Å². The van der Waals surface area contributed by atoms with E-state index < -0.39 is 12.3 Å². The van der Waals surface area contributed by atoms with Gasteiger partial charge in [-0.05, 0) is 62.2 Å². The van der Waals surface area contributed by atoms with E-state index in [4.69, 9.17) is 0 Å². The van der Waals surface area contributed by atoms with E-state index in [0.29, 0.717) is 35.9 Å². The Bertz CT molecular complexity index is 492. The number of halogens is 1. The Balaban J connectivity index is 1.67. The summed E-state index contributed by atoms with van der Waals surface area (Å²) >= 11 is 0. The summed E-state index contributed by atoms with van der Waals surface area (Å²) in [5, 5.41) is 9.97. The zero-order chi connectivity index (χ0) is 15.7. The second-order valence-electron chi connectivity index (χ2n) is 9.03. The molecule has 4 aliphatic rings. The molecule has 22 heavy (non-hydrogen) atoms. The summed E-state index contributed by atoms with van der Waals surface area (Å²) in [6.45, 7) is 4.33. The van der Waals surface area contributed by atoms with Gasteiger partial charge in [-0.1, -0.05) is 13.8 Å². The third-order valence-electron chi connectivity index (χ3n) is 8.38. The number of aliphatic hydroxyl groups is 1. The number of fused-ring (bicyclic) bond motifs is 5. The van der Waals surface area contributed by atoms with Gasteiger partial charge >= 0.3 is 0 Å². The minimum absolute atomic E-state index is 0.121. The number of rotatable bonds is 0. The minimum Gasteiger partial charge on any atom is -0.393 e. The van der Waals surface area contributed by atoms with Gasteiger partial charge in [0.25, 0.3) is 0 Å². The van der Waals surface area contributed by atoms with Crippen molar-refractivity contribution >= 4 is 5.78 Å². The summed E-state index contributed by atoms with van der Waals surface area (Å²) in [6.07, 6.45) is 5.66. The summed E-state index contributed by atoms with van der Waals surface area (Å²) in [5.74, 6) is 2.21. The van der Waals surface area contributed by atoms with Crippen molar-refractivity contribution in [2.45, 2.75) is 77.5 Å². The van der Waals surface area contributed by atoms with E-state index in [-0.39, 0.29) is 10.8 Å². The quantitative estimate of drug-likeness (QED) is 0.737. The standard InChI is InChI=1S/C19H29FO2/c1-18-8-7-15-13(14(18)5-6-17(18)22)4-3-11-9-12(21)10-16(20)19(11,15)2/h11-16,21H,3-10H2,1-2H3/t11?,12-,13+,14+,15+,16?,18+,19+/m1/s1. The maximum absolute atomic E-state index is 15.0. The highest BCUT2D eigenvalue weighted by molar-refractivity contribution is 5.87. The molecule has 8 atom stereocenters. The molecule has 4 fully saturated rings. The molecule has 0 aromatic heterocycles. The highest BCUT2D eigenvalue weighted by Gasteiger charge is 2.62. The second kappa shape index (κ2) is 4.78. The summed E-state index contributed by atoms with van der Waals surface area (Å²) in [5.41, 5.74) is -0.389. The van der Waals surface area contributed by atoms with Gasteiger partial charge in [0, 0.05) is 23.7 Å². The smallest absolute Gasteiger partial charge is 0.139 e. The normalized spacial score (nSPS) is 57.9. The van der Waals surface area contributed by atoms with Crippen LogP contribution in [0.4, 0.5) is 4.39 Å². The molecule has 1 N–H and O–H groups in total. The Labute approximate surface area is 132 Å². The van der Waals surface area contributed by atoms with Crippen LogP contribution in [0.3, 0.4) is 0 Å². The van der Waals surface area contributed by atoms with Gasteiger partial charge in [0.1, 0.15) is 12.0 Å². The van der Waals surface area contributed by atoms with Crippen LogP contribution < -0.4 is 0 Å². The van der Waals surface area contributed by atoms with Gasteiger partial charge in [-0.2, -0.15) is 0 Å². The van der Waals surface area contributed by atoms with E-state index in [0.717, 1.165) is 44.9 Å². The van der Waals surface area contributed by atoms with Gasteiger partial charge in [-0.3, -0.25) is 4.79 Å². The molecule has 0 saturated heterocycles. The Morgan fingerprint density at radius 2 is 1.86 bits per heavy atom. The molecule has 0 spiro atoms. The molecule has 2 unspecified atom stereocenters. The average Bonchev–Trinajstić information content (AvgIpc) is 2.77. The number of aliphatic hydroxyl groups excluding tert-OH is 1. The largest absolute Gasteiger partial charge is 0.393 e. The van der Waals surface area contributed by atoms with E-state index in [2.05, 4.69) is 13.8 Å². The highest BCUT2D eigenvalue weighted by Crippen LogP contribution is 2.65. The lowest BCUT2D eigenvalue weighted by molar-refractivity contribution is -0.161. The van der Waals surface area contributed by atoms with Gasteiger partial charge in [0.05, 0.1) is 6.10 Å². The first-order valence-corrected chi connectivity index (χ1v) is 9.23. The number of Topliss-reactive ketones (excluding diaryl/α,β-unsaturated/α-hetero) is 1. The van der Waals surface area contributed by atoms with Crippen LogP contribution in [0.2, 0.25) is 0 Å². The molecule has 3 heteroatoms. The third kappa shape index (κ3) is 1.78. The number of carbonyl (C=O) groups excluding carboxylic acids is 1. The predicted molar refractivity (Wildman–Crippen MR) is 83.0 cm³/mol. The molecule has 4 saturated carbocycles. The fourth-order valence-electron chi connectivity index (χ4n) is 7.02. The molecular formula is C19H29FO2. The van der Waals surface area contributed by atoms with Crippen molar-refractivity contribution in [2.24, 2.45) is 34.5 Å². The van der Waals surface area contributed by atoms with Gasteiger partial charge < -0.3 is 5.11 Å². The summed E-state index contributed by atoms with van der Waals surface area (Å²) in [4.78, 5) is 12.4. The minimum atomic E-state index is -0.879. The molecule has 0 aromatic rings. The number of carbonyl (C=O) groups is 1. The maximum Gasteiger partial charge on any atom is 0.139 e. The van der Waals surface area contributed by atoms with E-state index in [9.17, 15) is 9.90 Å². The first-order chi connectivity index (χ1) is 10.4. The molecular weight excluding hydrogens is 279 g/mol. The number of alkyl halides is 1. The van der Waals surface area contributed by atoms with Gasteiger partial charge in [0.2, 0.25) is 0 Å². The second-order valence-corrected chi connectivity index (χ2v) is 9.03. The Morgan fingerprint density at radius 3 is 2.64 bits per heavy atom. The SMILES string of the molecule is C[C@]12C(F)C[C@H](O)CC1CC[C@@H]1[C@@H]2CC[C@]2(C)C(=O)CC[C@@H]12. The van der Waals surface area contributed by atoms with Gasteiger partial charge in [-0.15, -0.1) is 0 Å². The molecule has 0 amide bonds. The highest BCUT2D eigenvalue weighted by atomic mass is 19.1. The molecule has 4 rings (SSSR count). The van der Waals surface area contributed by atoms with Crippen molar-refractivity contribution < 1.29 is 14.3 Å². The zero-order valence-corrected chi connectivity index (χ0v) is 13.9. The summed E-state index contributed by atoms with van der Waals surface area (Å²) in [7, 11) is 0. The fourth-order valence-corrected chi connectivity index (χ4v) is 7.02. The van der Waals surface area contributed by atoms with Crippen LogP contribution in [-0.2, 0) is 4.79 Å². The van der Waals surface area contributed by atoms with Gasteiger partial charge in [0.15, 0.2) is 0 Å². The lowest BCUT2D eigenvalue weighted by Gasteiger charge is -2.60. The van der Waals surface area contributed by atoms with Crippen LogP contribution in [0.5, 0.6) is 0 Å². The van der Waals surface area contributed by atoms with Crippen LogP contribution in [0.1, 0.15) is 65.2 Å². The lowest BCUT2D eigenvalue weighted by atomic mass is 9.44. The van der Waals surface area contributed by atoms with Crippen molar-refractivity contribution in [2.75, 3.05) is 0 Å². The van der Waals surface area contributed by atoms with E-state index >= 15 is 4.39 Å². The van der Waals surface area contributed by atoms with Crippen molar-refractivity contribution in [1.82, 2.24) is 0 Å². The monoisotopic (exact) mass is 308 g/mol. The molecule has 0 aromatic carbocycles. The summed E-state index contributed by atoms with van der Waals surface area (Å²) < 4.78 is 15.0. The molecule has 0 aliphatic heterocycles. The average molecular weight is 308 g/mol. The fraction of sp³-hybridized carbons (Fsp3) is 0.947. The topological polar surface area (TPSA) is 37.3 Å². The molecule has 0 radical (unpaired) electrons. The van der Waals surface area contributed by atoms with Crippen molar-refractivity contribution in [3.05, 3.63) is 0 Å². The van der Waals surface area contributed by atoms with E-state index in [1.165, 1.54) is 0 Å². The first-order valence-electron chi connectivity index (χ1n) is 9.23. The number of hydrogen-bond donors (Lipinski definition) is 1. The molecule has 2 nitrogen and oxygen atoms in total. The lowest BCUT2D eigenvalue weighted by Crippen LogP contribution is -2.58. The van der Waals surface area contributed by atoms with Crippen molar-refractivity contribution in [3.8, 4) is 0 Å². The molecule has 0 bridgehead atoms. The summed E-state index contributed by atoms with van der Waals surface area (Å²) in [6, 6.07) is 0. The predicted octanol–water partition coefficient (Wildman–Crippen LogP) is 3.91. The molecule has 0 heterocycles.